The maximum Gasteiger partial charge on any atom is 0.384 e. The number of hydrogen-bond donors (Lipinski definition) is 0. The molecule has 0 aliphatic carbocycles. The SMILES string of the molecule is COC(=O)[C@@H](O[Si](C)(C)C(C)(C)C)C1COC(OC(C)(C)C)=N1. The lowest BCUT2D eigenvalue weighted by molar-refractivity contribution is -0.150. The molecule has 0 bridgehead atoms. The third-order valence-corrected chi connectivity index (χ3v) is 8.51. The van der Waals surface area contributed by atoms with Gasteiger partial charge in [-0.15, -0.1) is 0 Å². The van der Waals surface area contributed by atoms with Crippen LogP contribution in [0.3, 0.4) is 0 Å². The highest BCUT2D eigenvalue weighted by molar-refractivity contribution is 6.74. The van der Waals surface area contributed by atoms with Gasteiger partial charge in [-0.1, -0.05) is 20.8 Å². The summed E-state index contributed by atoms with van der Waals surface area (Å²) in [6, 6.07) is -0.450. The zero-order chi connectivity index (χ0) is 18.1. The maximum atomic E-state index is 12.2. The molecule has 1 aliphatic rings. The van der Waals surface area contributed by atoms with Gasteiger partial charge in [-0.3, -0.25) is 0 Å². The van der Waals surface area contributed by atoms with Crippen molar-refractivity contribution in [3.63, 3.8) is 0 Å². The van der Waals surface area contributed by atoms with Crippen LogP contribution >= 0.6 is 0 Å². The molecule has 0 radical (unpaired) electrons. The number of carbonyl (C=O) groups excluding carboxylic acids is 1. The van der Waals surface area contributed by atoms with Crippen LogP contribution in [0, 0.1) is 0 Å². The first-order valence-electron chi connectivity index (χ1n) is 7.92. The summed E-state index contributed by atoms with van der Waals surface area (Å²) in [6.07, 6.45) is -0.572. The van der Waals surface area contributed by atoms with Crippen molar-refractivity contribution < 1.29 is 23.4 Å². The van der Waals surface area contributed by atoms with Gasteiger partial charge in [0.15, 0.2) is 14.4 Å². The van der Waals surface area contributed by atoms with Crippen LogP contribution in [0.5, 0.6) is 0 Å². The summed E-state index contributed by atoms with van der Waals surface area (Å²) in [5.74, 6) is -0.427. The van der Waals surface area contributed by atoms with Gasteiger partial charge < -0.3 is 18.6 Å². The Labute approximate surface area is 140 Å². The van der Waals surface area contributed by atoms with E-state index in [9.17, 15) is 4.79 Å². The second-order valence-corrected chi connectivity index (χ2v) is 13.1. The van der Waals surface area contributed by atoms with E-state index in [1.54, 1.807) is 0 Å². The first-order valence-corrected chi connectivity index (χ1v) is 10.8. The van der Waals surface area contributed by atoms with E-state index >= 15 is 0 Å². The highest BCUT2D eigenvalue weighted by Gasteiger charge is 2.45. The van der Waals surface area contributed by atoms with Crippen molar-refractivity contribution in [2.45, 2.75) is 77.4 Å². The van der Waals surface area contributed by atoms with Crippen LogP contribution in [-0.4, -0.2) is 51.8 Å². The standard InChI is InChI=1S/C16H31NO5Si/c1-15(2,3)21-14-17-11(10-20-14)12(13(18)19-7)22-23(8,9)16(4,5)6/h11-12H,10H2,1-9H3/t11?,12-/m0/s1. The molecule has 0 aromatic carbocycles. The molecule has 0 aromatic rings. The highest BCUT2D eigenvalue weighted by Crippen LogP contribution is 2.38. The van der Waals surface area contributed by atoms with Gasteiger partial charge in [0, 0.05) is 0 Å². The summed E-state index contributed by atoms with van der Waals surface area (Å²) in [7, 11) is -0.792. The summed E-state index contributed by atoms with van der Waals surface area (Å²) in [5.41, 5.74) is -0.408. The van der Waals surface area contributed by atoms with Crippen LogP contribution in [0.25, 0.3) is 0 Å². The molecule has 0 fully saturated rings. The van der Waals surface area contributed by atoms with Crippen molar-refractivity contribution >= 4 is 20.4 Å². The van der Waals surface area contributed by atoms with E-state index in [0.29, 0.717) is 0 Å². The first kappa shape index (κ1) is 20.0. The van der Waals surface area contributed by atoms with E-state index in [1.165, 1.54) is 7.11 Å². The van der Waals surface area contributed by atoms with Crippen molar-refractivity contribution in [2.24, 2.45) is 4.99 Å². The average molecular weight is 346 g/mol. The van der Waals surface area contributed by atoms with Gasteiger partial charge in [-0.25, -0.2) is 9.79 Å². The normalized spacial score (nSPS) is 20.6. The van der Waals surface area contributed by atoms with Crippen LogP contribution in [-0.2, 0) is 23.4 Å². The minimum Gasteiger partial charge on any atom is -0.467 e. The lowest BCUT2D eigenvalue weighted by Gasteiger charge is -2.39. The third kappa shape index (κ3) is 5.49. The van der Waals surface area contributed by atoms with Gasteiger partial charge in [0.2, 0.25) is 0 Å². The maximum absolute atomic E-state index is 12.2. The highest BCUT2D eigenvalue weighted by atomic mass is 28.4. The minimum absolute atomic E-state index is 0.0206. The molecule has 1 heterocycles. The van der Waals surface area contributed by atoms with Gasteiger partial charge in [0.25, 0.3) is 0 Å². The number of aliphatic imine (C=N–C) groups is 1. The van der Waals surface area contributed by atoms with Gasteiger partial charge in [0.1, 0.15) is 18.2 Å². The zero-order valence-corrected chi connectivity index (χ0v) is 16.9. The Bertz CT molecular complexity index is 462. The fraction of sp³-hybridized carbons (Fsp3) is 0.875. The Morgan fingerprint density at radius 2 is 1.83 bits per heavy atom. The topological polar surface area (TPSA) is 66.4 Å². The first-order chi connectivity index (χ1) is 10.3. The molecule has 0 amide bonds. The van der Waals surface area contributed by atoms with Crippen LogP contribution in [0.1, 0.15) is 41.5 Å². The van der Waals surface area contributed by atoms with E-state index < -0.39 is 32.0 Å². The minimum atomic E-state index is -2.15. The Morgan fingerprint density at radius 3 is 2.26 bits per heavy atom. The van der Waals surface area contributed by atoms with Crippen LogP contribution in [0.2, 0.25) is 18.1 Å². The van der Waals surface area contributed by atoms with E-state index in [1.807, 2.05) is 20.8 Å². The number of methoxy groups -OCH3 is 1. The molecule has 6 nitrogen and oxygen atoms in total. The van der Waals surface area contributed by atoms with Gasteiger partial charge in [-0.2, -0.15) is 0 Å². The summed E-state index contributed by atoms with van der Waals surface area (Å²) in [4.78, 5) is 16.6. The van der Waals surface area contributed by atoms with Crippen molar-refractivity contribution in [1.82, 2.24) is 0 Å². The third-order valence-electron chi connectivity index (χ3n) is 4.05. The molecular weight excluding hydrogens is 314 g/mol. The molecule has 2 atom stereocenters. The van der Waals surface area contributed by atoms with Gasteiger partial charge >= 0.3 is 12.1 Å². The van der Waals surface area contributed by atoms with Gasteiger partial charge in [-0.05, 0) is 38.9 Å². The quantitative estimate of drug-likeness (QED) is 0.578. The molecule has 1 rings (SSSR count). The molecule has 23 heavy (non-hydrogen) atoms. The monoisotopic (exact) mass is 345 g/mol. The van der Waals surface area contributed by atoms with Crippen LogP contribution in [0.4, 0.5) is 0 Å². The largest absolute Gasteiger partial charge is 0.467 e. The summed E-state index contributed by atoms with van der Waals surface area (Å²) in [5, 5.41) is -0.0206. The lowest BCUT2D eigenvalue weighted by atomic mass is 10.2. The van der Waals surface area contributed by atoms with Crippen molar-refractivity contribution in [1.29, 1.82) is 0 Å². The van der Waals surface area contributed by atoms with Gasteiger partial charge in [0.05, 0.1) is 7.11 Å². The van der Waals surface area contributed by atoms with Crippen molar-refractivity contribution in [3.05, 3.63) is 0 Å². The molecule has 0 saturated carbocycles. The Morgan fingerprint density at radius 1 is 1.26 bits per heavy atom. The van der Waals surface area contributed by atoms with E-state index in [-0.39, 0.29) is 17.7 Å². The summed E-state index contributed by atoms with van der Waals surface area (Å²) < 4.78 is 22.2. The smallest absolute Gasteiger partial charge is 0.384 e. The van der Waals surface area contributed by atoms with Crippen LogP contribution < -0.4 is 0 Å². The summed E-state index contributed by atoms with van der Waals surface area (Å²) >= 11 is 0. The molecule has 0 aromatic heterocycles. The zero-order valence-electron chi connectivity index (χ0n) is 15.9. The van der Waals surface area contributed by atoms with Crippen LogP contribution in [0.15, 0.2) is 4.99 Å². The number of esters is 1. The molecular formula is C16H31NO5Si. The number of ether oxygens (including phenoxy) is 3. The molecule has 1 aliphatic heterocycles. The Kier molecular flexibility index (Phi) is 5.91. The molecule has 1 unspecified atom stereocenters. The summed E-state index contributed by atoms with van der Waals surface area (Å²) in [6.45, 7) is 16.5. The fourth-order valence-corrected chi connectivity index (χ4v) is 2.98. The van der Waals surface area contributed by atoms with Crippen molar-refractivity contribution in [3.8, 4) is 0 Å². The number of hydrogen-bond acceptors (Lipinski definition) is 6. The number of carbonyl (C=O) groups is 1. The van der Waals surface area contributed by atoms with E-state index in [4.69, 9.17) is 18.6 Å². The average Bonchev–Trinajstić information content (AvgIpc) is 2.79. The van der Waals surface area contributed by atoms with Crippen molar-refractivity contribution in [2.75, 3.05) is 13.7 Å². The molecule has 134 valence electrons. The number of nitrogens with zero attached hydrogens (tertiary/aromatic N) is 1. The van der Waals surface area contributed by atoms with E-state index in [2.05, 4.69) is 38.9 Å². The Balaban J connectivity index is 2.95. The second kappa shape index (κ2) is 6.81. The predicted molar refractivity (Wildman–Crippen MR) is 92.1 cm³/mol. The second-order valence-electron chi connectivity index (χ2n) is 8.31. The molecule has 0 N–H and O–H groups in total. The Hall–Kier alpha value is -1.08. The predicted octanol–water partition coefficient (Wildman–Crippen LogP) is 3.12. The molecule has 0 saturated heterocycles. The molecule has 7 heteroatoms. The van der Waals surface area contributed by atoms with E-state index in [0.717, 1.165) is 0 Å². The number of rotatable bonds is 4. The fourth-order valence-electron chi connectivity index (χ4n) is 1.73. The lowest BCUT2D eigenvalue weighted by Crippen LogP contribution is -2.50. The molecule has 0 spiro atoms.